The van der Waals surface area contributed by atoms with Gasteiger partial charge in [0.1, 0.15) is 0 Å². The van der Waals surface area contributed by atoms with Crippen LogP contribution in [-0.4, -0.2) is 0 Å². The number of benzene rings is 2. The highest BCUT2D eigenvalue weighted by molar-refractivity contribution is 6.31. The number of nitrogens with two attached hydrogens (primary N) is 1. The van der Waals surface area contributed by atoms with Crippen LogP contribution >= 0.6 is 11.6 Å². The Labute approximate surface area is 122 Å². The summed E-state index contributed by atoms with van der Waals surface area (Å²) >= 11 is 5.78. The van der Waals surface area contributed by atoms with Gasteiger partial charge in [0, 0.05) is 5.02 Å². The van der Waals surface area contributed by atoms with Crippen molar-refractivity contribution in [3.63, 3.8) is 0 Å². The van der Waals surface area contributed by atoms with E-state index < -0.39 is 29.4 Å². The van der Waals surface area contributed by atoms with Gasteiger partial charge in [-0.2, -0.15) is 13.2 Å². The molecule has 0 radical (unpaired) electrons. The molecule has 0 spiro atoms. The highest BCUT2D eigenvalue weighted by Crippen LogP contribution is 2.32. The molecule has 0 heterocycles. The molecule has 0 saturated heterocycles. The molecule has 0 saturated carbocycles. The Morgan fingerprint density at radius 2 is 1.48 bits per heavy atom. The minimum absolute atomic E-state index is 0.0929. The molecule has 0 aromatic heterocycles. The molecule has 0 amide bonds. The minimum atomic E-state index is -4.46. The molecule has 2 N–H and O–H groups in total. The normalized spacial score (nSPS) is 13.3. The maximum Gasteiger partial charge on any atom is 0.416 e. The van der Waals surface area contributed by atoms with E-state index in [1.165, 1.54) is 12.1 Å². The van der Waals surface area contributed by atoms with Gasteiger partial charge in [-0.15, -0.1) is 0 Å². The fourth-order valence-corrected chi connectivity index (χ4v) is 2.10. The summed E-state index contributed by atoms with van der Waals surface area (Å²) < 4.78 is 63.6. The lowest BCUT2D eigenvalue weighted by Crippen LogP contribution is -2.14. The molecule has 0 aliphatic rings. The zero-order valence-electron chi connectivity index (χ0n) is 10.4. The van der Waals surface area contributed by atoms with E-state index >= 15 is 0 Å². The molecule has 2 aromatic rings. The highest BCUT2D eigenvalue weighted by Gasteiger charge is 2.30. The van der Waals surface area contributed by atoms with Crippen molar-refractivity contribution < 1.29 is 22.0 Å². The van der Waals surface area contributed by atoms with Crippen LogP contribution in [0.4, 0.5) is 22.0 Å². The maximum atomic E-state index is 13.2. The van der Waals surface area contributed by atoms with Gasteiger partial charge in [-0.05, 0) is 35.4 Å². The Morgan fingerprint density at radius 1 is 0.952 bits per heavy atom. The maximum absolute atomic E-state index is 13.2. The van der Waals surface area contributed by atoms with Gasteiger partial charge in [0.2, 0.25) is 0 Å². The monoisotopic (exact) mass is 321 g/mol. The molecule has 7 heteroatoms. The molecule has 1 atom stereocenters. The molecule has 21 heavy (non-hydrogen) atoms. The summed E-state index contributed by atoms with van der Waals surface area (Å²) in [6, 6.07) is 4.72. The number of alkyl halides is 3. The third kappa shape index (κ3) is 3.33. The fourth-order valence-electron chi connectivity index (χ4n) is 1.84. The van der Waals surface area contributed by atoms with Crippen molar-refractivity contribution in [1.29, 1.82) is 0 Å². The Hall–Kier alpha value is -1.66. The summed E-state index contributed by atoms with van der Waals surface area (Å²) in [4.78, 5) is 0. The van der Waals surface area contributed by atoms with Crippen molar-refractivity contribution in [2.75, 3.05) is 0 Å². The van der Waals surface area contributed by atoms with Crippen molar-refractivity contribution in [2.45, 2.75) is 12.2 Å². The third-order valence-corrected chi connectivity index (χ3v) is 3.30. The Balaban J connectivity index is 2.36. The van der Waals surface area contributed by atoms with Crippen LogP contribution in [0.2, 0.25) is 5.02 Å². The van der Waals surface area contributed by atoms with Crippen LogP contribution in [0.1, 0.15) is 22.7 Å². The second-order valence-corrected chi connectivity index (χ2v) is 4.79. The fraction of sp³-hybridized carbons (Fsp3) is 0.143. The van der Waals surface area contributed by atoms with E-state index in [1.54, 1.807) is 0 Å². The third-order valence-electron chi connectivity index (χ3n) is 2.97. The summed E-state index contributed by atoms with van der Waals surface area (Å²) in [6.07, 6.45) is -4.46. The summed E-state index contributed by atoms with van der Waals surface area (Å²) in [5, 5.41) is -0.0960. The molecule has 1 unspecified atom stereocenters. The van der Waals surface area contributed by atoms with Crippen molar-refractivity contribution in [2.24, 2.45) is 5.73 Å². The number of hydrogen-bond acceptors (Lipinski definition) is 1. The van der Waals surface area contributed by atoms with Crippen LogP contribution in [0.5, 0.6) is 0 Å². The smallest absolute Gasteiger partial charge is 0.320 e. The van der Waals surface area contributed by atoms with Crippen molar-refractivity contribution in [3.05, 3.63) is 69.7 Å². The van der Waals surface area contributed by atoms with Gasteiger partial charge in [-0.25, -0.2) is 8.78 Å². The van der Waals surface area contributed by atoms with Crippen LogP contribution in [-0.2, 0) is 6.18 Å². The van der Waals surface area contributed by atoms with E-state index in [1.807, 2.05) is 0 Å². The lowest BCUT2D eigenvalue weighted by Gasteiger charge is -2.15. The molecule has 1 nitrogen and oxygen atoms in total. The van der Waals surface area contributed by atoms with E-state index in [-0.39, 0.29) is 10.6 Å². The predicted molar refractivity (Wildman–Crippen MR) is 68.8 cm³/mol. The lowest BCUT2D eigenvalue weighted by atomic mass is 9.98. The quantitative estimate of drug-likeness (QED) is 0.630. The predicted octanol–water partition coefficient (Wildman–Crippen LogP) is 4.69. The first-order chi connectivity index (χ1) is 9.70. The lowest BCUT2D eigenvalue weighted by molar-refractivity contribution is -0.137. The van der Waals surface area contributed by atoms with Gasteiger partial charge in [-0.3, -0.25) is 0 Å². The minimum Gasteiger partial charge on any atom is -0.320 e. The van der Waals surface area contributed by atoms with Gasteiger partial charge in [0.05, 0.1) is 11.6 Å². The van der Waals surface area contributed by atoms with Gasteiger partial charge >= 0.3 is 6.18 Å². The standard InChI is InChI=1S/C14H9ClF5N/c15-10-6-12(17)11(16)5-9(10)13(21)7-1-3-8(4-2-7)14(18,19)20/h1-6,13H,21H2. The van der Waals surface area contributed by atoms with Crippen molar-refractivity contribution >= 4 is 11.6 Å². The Morgan fingerprint density at radius 3 is 2.00 bits per heavy atom. The molecule has 0 aliphatic heterocycles. The average molecular weight is 322 g/mol. The topological polar surface area (TPSA) is 26.0 Å². The molecule has 0 bridgehead atoms. The molecule has 2 rings (SSSR count). The van der Waals surface area contributed by atoms with Gasteiger partial charge in [0.15, 0.2) is 11.6 Å². The first-order valence-corrected chi connectivity index (χ1v) is 6.15. The van der Waals surface area contributed by atoms with Crippen LogP contribution in [0.25, 0.3) is 0 Å². The number of rotatable bonds is 2. The Kier molecular flexibility index (Phi) is 4.20. The summed E-state index contributed by atoms with van der Waals surface area (Å²) in [5.74, 6) is -2.25. The van der Waals surface area contributed by atoms with Gasteiger partial charge in [-0.1, -0.05) is 23.7 Å². The first kappa shape index (κ1) is 15.7. The second-order valence-electron chi connectivity index (χ2n) is 4.39. The van der Waals surface area contributed by atoms with Crippen molar-refractivity contribution in [1.82, 2.24) is 0 Å². The summed E-state index contributed by atoms with van der Waals surface area (Å²) in [6.45, 7) is 0. The summed E-state index contributed by atoms with van der Waals surface area (Å²) in [7, 11) is 0. The van der Waals surface area contributed by atoms with E-state index in [0.717, 1.165) is 24.3 Å². The van der Waals surface area contributed by atoms with E-state index in [9.17, 15) is 22.0 Å². The average Bonchev–Trinajstić information content (AvgIpc) is 2.41. The van der Waals surface area contributed by atoms with Crippen molar-refractivity contribution in [3.8, 4) is 0 Å². The molecule has 0 aliphatic carbocycles. The number of halogens is 6. The van der Waals surface area contributed by atoms with Gasteiger partial charge < -0.3 is 5.73 Å². The van der Waals surface area contributed by atoms with Gasteiger partial charge in [0.25, 0.3) is 0 Å². The summed E-state index contributed by atoms with van der Waals surface area (Å²) in [5.41, 5.74) is 5.41. The SMILES string of the molecule is NC(c1ccc(C(F)(F)F)cc1)c1cc(F)c(F)cc1Cl. The van der Waals surface area contributed by atoms with E-state index in [2.05, 4.69) is 0 Å². The molecule has 112 valence electrons. The molecule has 0 fully saturated rings. The van der Waals surface area contributed by atoms with Crippen LogP contribution in [0.3, 0.4) is 0 Å². The van der Waals surface area contributed by atoms with Crippen LogP contribution < -0.4 is 5.73 Å². The second kappa shape index (κ2) is 5.61. The molecule has 2 aromatic carbocycles. The number of hydrogen-bond donors (Lipinski definition) is 1. The van der Waals surface area contributed by atoms with E-state index in [0.29, 0.717) is 5.56 Å². The molecular formula is C14H9ClF5N. The molecular weight excluding hydrogens is 313 g/mol. The van der Waals surface area contributed by atoms with E-state index in [4.69, 9.17) is 17.3 Å². The zero-order chi connectivity index (χ0) is 15.8. The van der Waals surface area contributed by atoms with Crippen LogP contribution in [0.15, 0.2) is 36.4 Å². The zero-order valence-corrected chi connectivity index (χ0v) is 11.1. The Bertz CT molecular complexity index is 652. The highest BCUT2D eigenvalue weighted by atomic mass is 35.5. The first-order valence-electron chi connectivity index (χ1n) is 5.77. The largest absolute Gasteiger partial charge is 0.416 e. The van der Waals surface area contributed by atoms with Crippen LogP contribution in [0, 0.1) is 11.6 Å².